The summed E-state index contributed by atoms with van der Waals surface area (Å²) in [5, 5.41) is 3.11. The molecule has 0 saturated heterocycles. The van der Waals surface area contributed by atoms with Gasteiger partial charge in [-0.1, -0.05) is 11.6 Å². The quantitative estimate of drug-likeness (QED) is 0.644. The number of halogens is 2. The van der Waals surface area contributed by atoms with Crippen LogP contribution in [-0.2, 0) is 4.79 Å². The number of pyridine rings is 1. The summed E-state index contributed by atoms with van der Waals surface area (Å²) in [6.07, 6.45) is 1.81. The molecule has 3 nitrogen and oxygen atoms in total. The maximum absolute atomic E-state index is 11.2. The molecule has 0 aliphatic heterocycles. The molecule has 0 aliphatic rings. The minimum absolute atomic E-state index is 0.122. The van der Waals surface area contributed by atoms with E-state index in [-0.39, 0.29) is 5.91 Å². The molecule has 14 heavy (non-hydrogen) atoms. The molecule has 0 aromatic carbocycles. The lowest BCUT2D eigenvalue weighted by Crippen LogP contribution is -2.11. The van der Waals surface area contributed by atoms with Crippen molar-refractivity contribution in [1.29, 1.82) is 0 Å². The molecule has 0 bridgehead atoms. The van der Waals surface area contributed by atoms with Crippen molar-refractivity contribution in [2.45, 2.75) is 13.3 Å². The first kappa shape index (κ1) is 11.3. The van der Waals surface area contributed by atoms with Crippen molar-refractivity contribution in [1.82, 2.24) is 4.98 Å². The predicted octanol–water partition coefficient (Wildman–Crippen LogP) is 2.61. The largest absolute Gasteiger partial charge is 0.325 e. The third-order valence-corrected chi connectivity index (χ3v) is 2.20. The summed E-state index contributed by atoms with van der Waals surface area (Å²) in [6, 6.07) is 1.77. The van der Waals surface area contributed by atoms with Crippen LogP contribution in [0.2, 0.25) is 5.15 Å². The Morgan fingerprint density at radius 2 is 2.36 bits per heavy atom. The number of hydrogen-bond acceptors (Lipinski definition) is 2. The highest BCUT2D eigenvalue weighted by Gasteiger charge is 2.03. The molecule has 0 radical (unpaired) electrons. The number of carbonyl (C=O) groups is 1. The van der Waals surface area contributed by atoms with E-state index in [0.717, 1.165) is 5.56 Å². The van der Waals surface area contributed by atoms with Crippen LogP contribution in [0.1, 0.15) is 12.0 Å². The number of carbonyl (C=O) groups excluding carboxylic acids is 1. The second-order valence-electron chi connectivity index (χ2n) is 2.82. The summed E-state index contributed by atoms with van der Waals surface area (Å²) >= 11 is 11.2. The van der Waals surface area contributed by atoms with Crippen LogP contribution in [0.25, 0.3) is 0 Å². The zero-order valence-corrected chi connectivity index (χ0v) is 9.19. The highest BCUT2D eigenvalue weighted by atomic mass is 35.5. The smallest absolute Gasteiger partial charge is 0.225 e. The van der Waals surface area contributed by atoms with Gasteiger partial charge in [-0.3, -0.25) is 4.79 Å². The topological polar surface area (TPSA) is 42.0 Å². The monoisotopic (exact) mass is 232 g/mol. The standard InChI is InChI=1S/C9H10Cl2N2O/c1-6-4-7(5-12-9(6)11)13-8(14)2-3-10/h4-5H,2-3H2,1H3,(H,13,14). The van der Waals surface area contributed by atoms with Gasteiger partial charge in [-0.25, -0.2) is 4.98 Å². The van der Waals surface area contributed by atoms with Gasteiger partial charge in [0.15, 0.2) is 0 Å². The molecule has 0 aliphatic carbocycles. The molecule has 0 saturated carbocycles. The predicted molar refractivity (Wildman–Crippen MR) is 58.0 cm³/mol. The van der Waals surface area contributed by atoms with E-state index < -0.39 is 0 Å². The lowest BCUT2D eigenvalue weighted by Gasteiger charge is -2.04. The average Bonchev–Trinajstić information content (AvgIpc) is 2.12. The second kappa shape index (κ2) is 5.17. The van der Waals surface area contributed by atoms with Crippen molar-refractivity contribution in [3.05, 3.63) is 23.0 Å². The van der Waals surface area contributed by atoms with Gasteiger partial charge in [0, 0.05) is 12.3 Å². The zero-order valence-electron chi connectivity index (χ0n) is 7.68. The molecule has 1 aromatic rings. The molecule has 0 fully saturated rings. The van der Waals surface area contributed by atoms with Crippen molar-refractivity contribution in [2.75, 3.05) is 11.2 Å². The lowest BCUT2D eigenvalue weighted by atomic mass is 10.3. The van der Waals surface area contributed by atoms with Gasteiger partial charge in [-0.2, -0.15) is 0 Å². The average molecular weight is 233 g/mol. The van der Waals surface area contributed by atoms with Crippen molar-refractivity contribution < 1.29 is 4.79 Å². The van der Waals surface area contributed by atoms with E-state index in [9.17, 15) is 4.79 Å². The molecule has 1 heterocycles. The molecule has 76 valence electrons. The normalized spacial score (nSPS) is 9.93. The Morgan fingerprint density at radius 3 is 2.93 bits per heavy atom. The molecule has 1 aromatic heterocycles. The Kier molecular flexibility index (Phi) is 4.17. The van der Waals surface area contributed by atoms with E-state index in [1.807, 2.05) is 6.92 Å². The molecule has 0 unspecified atom stereocenters. The van der Waals surface area contributed by atoms with Gasteiger partial charge in [0.25, 0.3) is 0 Å². The molecule has 0 spiro atoms. The highest BCUT2D eigenvalue weighted by Crippen LogP contribution is 2.16. The van der Waals surface area contributed by atoms with E-state index in [2.05, 4.69) is 10.3 Å². The van der Waals surface area contributed by atoms with E-state index in [0.29, 0.717) is 23.1 Å². The van der Waals surface area contributed by atoms with Gasteiger partial charge in [0.05, 0.1) is 11.9 Å². The van der Waals surface area contributed by atoms with E-state index >= 15 is 0 Å². The van der Waals surface area contributed by atoms with E-state index in [1.165, 1.54) is 6.20 Å². The lowest BCUT2D eigenvalue weighted by molar-refractivity contribution is -0.115. The summed E-state index contributed by atoms with van der Waals surface area (Å²) < 4.78 is 0. The Bertz CT molecular complexity index is 342. The van der Waals surface area contributed by atoms with E-state index in [4.69, 9.17) is 23.2 Å². The first-order valence-corrected chi connectivity index (χ1v) is 5.02. The minimum Gasteiger partial charge on any atom is -0.325 e. The minimum atomic E-state index is -0.122. The van der Waals surface area contributed by atoms with Gasteiger partial charge < -0.3 is 5.32 Å². The summed E-state index contributed by atoms with van der Waals surface area (Å²) in [4.78, 5) is 15.1. The Morgan fingerprint density at radius 1 is 1.64 bits per heavy atom. The van der Waals surface area contributed by atoms with Crippen molar-refractivity contribution in [3.8, 4) is 0 Å². The number of rotatable bonds is 3. The Labute approximate surface area is 92.4 Å². The van der Waals surface area contributed by atoms with Crippen molar-refractivity contribution in [3.63, 3.8) is 0 Å². The fraction of sp³-hybridized carbons (Fsp3) is 0.333. The number of nitrogens with zero attached hydrogens (tertiary/aromatic N) is 1. The highest BCUT2D eigenvalue weighted by molar-refractivity contribution is 6.30. The molecule has 1 rings (SSSR count). The van der Waals surface area contributed by atoms with Crippen LogP contribution >= 0.6 is 23.2 Å². The third kappa shape index (κ3) is 3.16. The third-order valence-electron chi connectivity index (χ3n) is 1.62. The van der Waals surface area contributed by atoms with Gasteiger partial charge in [0.1, 0.15) is 5.15 Å². The maximum atomic E-state index is 11.2. The van der Waals surface area contributed by atoms with Gasteiger partial charge in [-0.15, -0.1) is 11.6 Å². The molecule has 5 heteroatoms. The van der Waals surface area contributed by atoms with Crippen LogP contribution in [0.4, 0.5) is 5.69 Å². The van der Waals surface area contributed by atoms with Gasteiger partial charge in [-0.05, 0) is 18.6 Å². The van der Waals surface area contributed by atoms with Crippen LogP contribution in [0.15, 0.2) is 12.3 Å². The van der Waals surface area contributed by atoms with Crippen LogP contribution in [-0.4, -0.2) is 16.8 Å². The fourth-order valence-corrected chi connectivity index (χ4v) is 1.21. The van der Waals surface area contributed by atoms with Crippen molar-refractivity contribution in [2.24, 2.45) is 0 Å². The molecule has 1 amide bonds. The maximum Gasteiger partial charge on any atom is 0.225 e. The Balaban J connectivity index is 2.68. The zero-order chi connectivity index (χ0) is 10.6. The van der Waals surface area contributed by atoms with Crippen LogP contribution < -0.4 is 5.32 Å². The van der Waals surface area contributed by atoms with Gasteiger partial charge >= 0.3 is 0 Å². The summed E-state index contributed by atoms with van der Waals surface area (Å²) in [6.45, 7) is 1.83. The number of amides is 1. The first-order chi connectivity index (χ1) is 6.63. The summed E-state index contributed by atoms with van der Waals surface area (Å²) in [7, 11) is 0. The molecule has 1 N–H and O–H groups in total. The molecular formula is C9H10Cl2N2O. The number of aryl methyl sites for hydroxylation is 1. The Hall–Kier alpha value is -0.800. The second-order valence-corrected chi connectivity index (χ2v) is 3.55. The van der Waals surface area contributed by atoms with Crippen LogP contribution in [0, 0.1) is 6.92 Å². The molecular weight excluding hydrogens is 223 g/mol. The number of alkyl halides is 1. The SMILES string of the molecule is Cc1cc(NC(=O)CCCl)cnc1Cl. The van der Waals surface area contributed by atoms with Crippen LogP contribution in [0.5, 0.6) is 0 Å². The number of aromatic nitrogens is 1. The number of nitrogens with one attached hydrogen (secondary N) is 1. The summed E-state index contributed by atoms with van der Waals surface area (Å²) in [5.74, 6) is 0.190. The van der Waals surface area contributed by atoms with Crippen LogP contribution in [0.3, 0.4) is 0 Å². The van der Waals surface area contributed by atoms with Crippen molar-refractivity contribution >= 4 is 34.8 Å². The molecule has 0 atom stereocenters. The van der Waals surface area contributed by atoms with Gasteiger partial charge in [0.2, 0.25) is 5.91 Å². The van der Waals surface area contributed by atoms with E-state index in [1.54, 1.807) is 6.07 Å². The first-order valence-electron chi connectivity index (χ1n) is 4.11. The number of hydrogen-bond donors (Lipinski definition) is 1. The summed E-state index contributed by atoms with van der Waals surface area (Å²) in [5.41, 5.74) is 1.47. The number of anilines is 1. The fourth-order valence-electron chi connectivity index (χ4n) is 0.936.